The van der Waals surface area contributed by atoms with Crippen LogP contribution in [0.2, 0.25) is 0 Å². The molecule has 2 N–H and O–H groups in total. The highest BCUT2D eigenvalue weighted by Crippen LogP contribution is 2.33. The quantitative estimate of drug-likeness (QED) is 0.729. The second-order valence-electron chi connectivity index (χ2n) is 5.63. The molecule has 0 fully saturated rings. The van der Waals surface area contributed by atoms with Crippen molar-refractivity contribution in [2.24, 2.45) is 0 Å². The van der Waals surface area contributed by atoms with Crippen molar-refractivity contribution in [3.8, 4) is 11.1 Å². The summed E-state index contributed by atoms with van der Waals surface area (Å²) in [4.78, 5) is 15.6. The molecule has 4 nitrogen and oxygen atoms in total. The maximum absolute atomic E-state index is 13.7. The van der Waals surface area contributed by atoms with Crippen molar-refractivity contribution in [3.63, 3.8) is 0 Å². The maximum atomic E-state index is 13.7. The van der Waals surface area contributed by atoms with Gasteiger partial charge in [0.05, 0.1) is 17.8 Å². The van der Waals surface area contributed by atoms with E-state index in [-0.39, 0.29) is 12.3 Å². The molecule has 0 bridgehead atoms. The fraction of sp³-hybridized carbons (Fsp3) is 0.278. The summed E-state index contributed by atoms with van der Waals surface area (Å²) in [6.07, 6.45) is 2.81. The molecule has 1 aromatic carbocycles. The van der Waals surface area contributed by atoms with Gasteiger partial charge in [-0.05, 0) is 23.8 Å². The van der Waals surface area contributed by atoms with Crippen LogP contribution in [-0.4, -0.2) is 23.5 Å². The number of carbonyl (C=O) groups excluding carboxylic acids is 1. The predicted octanol–water partition coefficient (Wildman–Crippen LogP) is 4.39. The zero-order chi connectivity index (χ0) is 18.6. The van der Waals surface area contributed by atoms with Crippen LogP contribution in [0.5, 0.6) is 0 Å². The van der Waals surface area contributed by atoms with E-state index in [9.17, 15) is 18.0 Å². The Bertz CT molecular complexity index is 801. The lowest BCUT2D eigenvalue weighted by Crippen LogP contribution is -2.14. The highest BCUT2D eigenvalue weighted by atomic mass is 19.3. The molecule has 0 saturated heterocycles. The van der Waals surface area contributed by atoms with E-state index in [1.807, 2.05) is 0 Å². The monoisotopic (exact) mass is 349 g/mol. The molecular formula is C18H18F3N3O. The molecule has 0 aliphatic carbocycles. The van der Waals surface area contributed by atoms with Gasteiger partial charge < -0.3 is 10.7 Å². The Morgan fingerprint density at radius 1 is 1.32 bits per heavy atom. The maximum Gasteiger partial charge on any atom is 0.273 e. The van der Waals surface area contributed by atoms with Crippen LogP contribution < -0.4 is 5.32 Å². The third kappa shape index (κ3) is 4.43. The summed E-state index contributed by atoms with van der Waals surface area (Å²) in [6.45, 7) is 2.44. The van der Waals surface area contributed by atoms with Crippen LogP contribution in [0.4, 0.5) is 18.9 Å². The van der Waals surface area contributed by atoms with Gasteiger partial charge in [-0.3, -0.25) is 9.78 Å². The van der Waals surface area contributed by atoms with E-state index in [0.717, 1.165) is 18.3 Å². The minimum absolute atomic E-state index is 0.0176. The average molecular weight is 349 g/mol. The van der Waals surface area contributed by atoms with Gasteiger partial charge in [-0.15, -0.1) is 0 Å². The summed E-state index contributed by atoms with van der Waals surface area (Å²) in [7, 11) is 0. The molecule has 2 aromatic rings. The summed E-state index contributed by atoms with van der Waals surface area (Å²) in [5, 5.41) is 10.3. The standard InChI is InChI=1S/C18H18F3N3O/c1-3-13(25)10-24-16-7-12(9-23-17(16)8-22)11-4-5-15(19)14(6-11)18(2,20)21/h4-9,22,24H,3,10H2,1-2H3. The van der Waals surface area contributed by atoms with E-state index >= 15 is 0 Å². The molecule has 0 aliphatic heterocycles. The van der Waals surface area contributed by atoms with E-state index < -0.39 is 17.3 Å². The number of benzene rings is 1. The highest BCUT2D eigenvalue weighted by molar-refractivity contribution is 5.88. The number of halogens is 3. The van der Waals surface area contributed by atoms with Crippen molar-refractivity contribution < 1.29 is 18.0 Å². The van der Waals surface area contributed by atoms with Crippen molar-refractivity contribution in [2.75, 3.05) is 11.9 Å². The highest BCUT2D eigenvalue weighted by Gasteiger charge is 2.28. The molecule has 0 saturated carbocycles. The first kappa shape index (κ1) is 18.6. The van der Waals surface area contributed by atoms with E-state index in [2.05, 4.69) is 10.3 Å². The molecule has 25 heavy (non-hydrogen) atoms. The normalized spacial score (nSPS) is 11.2. The fourth-order valence-corrected chi connectivity index (χ4v) is 2.25. The molecule has 0 spiro atoms. The molecule has 132 valence electrons. The van der Waals surface area contributed by atoms with Crippen molar-refractivity contribution in [3.05, 3.63) is 47.5 Å². The van der Waals surface area contributed by atoms with Gasteiger partial charge in [0.2, 0.25) is 0 Å². The van der Waals surface area contributed by atoms with Crippen molar-refractivity contribution in [1.29, 1.82) is 5.41 Å². The Morgan fingerprint density at radius 3 is 2.64 bits per heavy atom. The summed E-state index contributed by atoms with van der Waals surface area (Å²) in [5.74, 6) is -4.31. The first-order valence-corrected chi connectivity index (χ1v) is 7.70. The van der Waals surface area contributed by atoms with Crippen LogP contribution in [-0.2, 0) is 10.7 Å². The predicted molar refractivity (Wildman–Crippen MR) is 90.9 cm³/mol. The SMILES string of the molecule is CCC(=O)CNc1cc(-c2ccc(F)c(C(C)(F)F)c2)cnc1C=N. The van der Waals surface area contributed by atoms with Crippen molar-refractivity contribution in [1.82, 2.24) is 4.98 Å². The lowest BCUT2D eigenvalue weighted by Gasteiger charge is -2.14. The molecule has 0 atom stereocenters. The van der Waals surface area contributed by atoms with Gasteiger partial charge in [-0.1, -0.05) is 13.0 Å². The zero-order valence-electron chi connectivity index (χ0n) is 13.9. The first-order valence-electron chi connectivity index (χ1n) is 7.70. The minimum atomic E-state index is -3.31. The largest absolute Gasteiger partial charge is 0.376 e. The number of pyridine rings is 1. The van der Waals surface area contributed by atoms with Crippen LogP contribution in [0, 0.1) is 11.2 Å². The number of aromatic nitrogens is 1. The van der Waals surface area contributed by atoms with E-state index in [1.54, 1.807) is 13.0 Å². The molecule has 1 heterocycles. The van der Waals surface area contributed by atoms with Gasteiger partial charge in [-0.2, -0.15) is 0 Å². The molecule has 0 aliphatic rings. The molecule has 2 rings (SSSR count). The summed E-state index contributed by atoms with van der Waals surface area (Å²) >= 11 is 0. The number of hydrogen-bond donors (Lipinski definition) is 2. The Morgan fingerprint density at radius 2 is 2.04 bits per heavy atom. The topological polar surface area (TPSA) is 65.8 Å². The van der Waals surface area contributed by atoms with Gasteiger partial charge in [0.15, 0.2) is 5.78 Å². The Balaban J connectivity index is 2.43. The first-order chi connectivity index (χ1) is 11.8. The van der Waals surface area contributed by atoms with Gasteiger partial charge in [0.1, 0.15) is 11.5 Å². The lowest BCUT2D eigenvalue weighted by molar-refractivity contribution is -0.117. The molecule has 1 aromatic heterocycles. The van der Waals surface area contributed by atoms with E-state index in [1.165, 1.54) is 12.3 Å². The molecule has 0 unspecified atom stereocenters. The van der Waals surface area contributed by atoms with Gasteiger partial charge in [-0.25, -0.2) is 13.2 Å². The number of carbonyl (C=O) groups is 1. The van der Waals surface area contributed by atoms with Crippen LogP contribution in [0.25, 0.3) is 11.1 Å². The number of Topliss-reactive ketones (excluding diaryl/α,β-unsaturated/α-hetero) is 1. The van der Waals surface area contributed by atoms with E-state index in [4.69, 9.17) is 5.41 Å². The van der Waals surface area contributed by atoms with Crippen LogP contribution in [0.3, 0.4) is 0 Å². The summed E-state index contributed by atoms with van der Waals surface area (Å²) in [5.41, 5.74) is 0.894. The lowest BCUT2D eigenvalue weighted by atomic mass is 10.0. The van der Waals surface area contributed by atoms with Gasteiger partial charge >= 0.3 is 0 Å². The van der Waals surface area contributed by atoms with Crippen LogP contribution in [0.1, 0.15) is 31.5 Å². The number of ketones is 1. The third-order valence-electron chi connectivity index (χ3n) is 3.70. The smallest absolute Gasteiger partial charge is 0.273 e. The Labute approximate surface area is 143 Å². The number of hydrogen-bond acceptors (Lipinski definition) is 4. The number of rotatable bonds is 7. The Hall–Kier alpha value is -2.70. The number of nitrogens with one attached hydrogen (secondary N) is 2. The second kappa shape index (κ2) is 7.46. The average Bonchev–Trinajstić information content (AvgIpc) is 2.58. The van der Waals surface area contributed by atoms with Crippen molar-refractivity contribution in [2.45, 2.75) is 26.2 Å². The minimum Gasteiger partial charge on any atom is -0.376 e. The summed E-state index contributed by atoms with van der Waals surface area (Å²) < 4.78 is 40.7. The fourth-order valence-electron chi connectivity index (χ4n) is 2.25. The third-order valence-corrected chi connectivity index (χ3v) is 3.70. The summed E-state index contributed by atoms with van der Waals surface area (Å²) in [6, 6.07) is 5.05. The number of anilines is 1. The molecule has 0 radical (unpaired) electrons. The number of alkyl halides is 2. The zero-order valence-corrected chi connectivity index (χ0v) is 13.9. The van der Waals surface area contributed by atoms with Crippen LogP contribution in [0.15, 0.2) is 30.5 Å². The molecule has 0 amide bonds. The molecular weight excluding hydrogens is 331 g/mol. The van der Waals surface area contributed by atoms with Gasteiger partial charge in [0, 0.05) is 31.3 Å². The molecule has 7 heteroatoms. The Kier molecular flexibility index (Phi) is 5.56. The van der Waals surface area contributed by atoms with Gasteiger partial charge in [0.25, 0.3) is 5.92 Å². The van der Waals surface area contributed by atoms with Crippen molar-refractivity contribution >= 4 is 17.7 Å². The number of nitrogens with zero attached hydrogens (tertiary/aromatic N) is 1. The van der Waals surface area contributed by atoms with E-state index in [0.29, 0.717) is 35.9 Å². The van der Waals surface area contributed by atoms with Crippen LogP contribution >= 0.6 is 0 Å². The second-order valence-corrected chi connectivity index (χ2v) is 5.63.